The highest BCUT2D eigenvalue weighted by Crippen LogP contribution is 2.13. The molecule has 2 aromatic heterocycles. The molecule has 0 saturated heterocycles. The lowest BCUT2D eigenvalue weighted by Crippen LogP contribution is -2.01. The van der Waals surface area contributed by atoms with Crippen molar-refractivity contribution < 1.29 is 19.1 Å². The highest BCUT2D eigenvalue weighted by Gasteiger charge is 2.16. The van der Waals surface area contributed by atoms with Crippen LogP contribution in [0.2, 0.25) is 0 Å². The van der Waals surface area contributed by atoms with Gasteiger partial charge in [0.15, 0.2) is 5.76 Å². The van der Waals surface area contributed by atoms with Crippen molar-refractivity contribution in [2.45, 2.75) is 6.92 Å². The number of furan rings is 1. The molecule has 0 aliphatic rings. The van der Waals surface area contributed by atoms with Crippen molar-refractivity contribution in [2.24, 2.45) is 0 Å². The van der Waals surface area contributed by atoms with Crippen LogP contribution in [0.25, 0.3) is 0 Å². The molecule has 17 heavy (non-hydrogen) atoms. The molecule has 0 aromatic carbocycles. The summed E-state index contributed by atoms with van der Waals surface area (Å²) in [5.74, 6) is -1.84. The number of hydrogen-bond acceptors (Lipinski definition) is 4. The Morgan fingerprint density at radius 2 is 1.94 bits per heavy atom. The summed E-state index contributed by atoms with van der Waals surface area (Å²) < 4.78 is 4.92. The first-order chi connectivity index (χ1) is 8.08. The molecule has 2 aromatic rings. The number of aromatic carboxylic acids is 1. The molecule has 1 N–H and O–H groups in total. The first-order valence-corrected chi connectivity index (χ1v) is 4.87. The van der Waals surface area contributed by atoms with Crippen LogP contribution in [0.3, 0.4) is 0 Å². The number of ketones is 1. The molecule has 0 spiro atoms. The van der Waals surface area contributed by atoms with Gasteiger partial charge in [0.1, 0.15) is 0 Å². The number of carbonyl (C=O) groups excluding carboxylic acids is 1. The van der Waals surface area contributed by atoms with E-state index in [1.165, 1.54) is 18.3 Å². The third-order valence-corrected chi connectivity index (χ3v) is 2.18. The van der Waals surface area contributed by atoms with Crippen molar-refractivity contribution in [3.8, 4) is 0 Å². The normalized spacial score (nSPS) is 10.2. The molecule has 5 nitrogen and oxygen atoms in total. The summed E-state index contributed by atoms with van der Waals surface area (Å²) >= 11 is 0. The van der Waals surface area contributed by atoms with Gasteiger partial charge in [-0.25, -0.2) is 4.79 Å². The maximum Gasteiger partial charge on any atom is 0.371 e. The number of hydrogen-bond donors (Lipinski definition) is 1. The maximum atomic E-state index is 11.9. The van der Waals surface area contributed by atoms with E-state index in [9.17, 15) is 9.59 Å². The first-order valence-electron chi connectivity index (χ1n) is 4.87. The van der Waals surface area contributed by atoms with Gasteiger partial charge < -0.3 is 9.52 Å². The number of aryl methyl sites for hydroxylation is 1. The van der Waals surface area contributed by atoms with Gasteiger partial charge in [-0.05, 0) is 30.7 Å². The van der Waals surface area contributed by atoms with Gasteiger partial charge in [-0.2, -0.15) is 0 Å². The fourth-order valence-corrected chi connectivity index (χ4v) is 1.40. The number of pyridine rings is 1. The molecule has 2 rings (SSSR count). The van der Waals surface area contributed by atoms with Gasteiger partial charge in [0.05, 0.1) is 0 Å². The second-order valence-corrected chi connectivity index (χ2v) is 3.55. The summed E-state index contributed by atoms with van der Waals surface area (Å²) in [6, 6.07) is 4.26. The largest absolute Gasteiger partial charge is 0.475 e. The third kappa shape index (κ3) is 2.23. The zero-order chi connectivity index (χ0) is 12.4. The number of carboxylic acid groups (broad SMARTS) is 1. The zero-order valence-corrected chi connectivity index (χ0v) is 9.01. The predicted octanol–water partition coefficient (Wildman–Crippen LogP) is 1.91. The van der Waals surface area contributed by atoms with Gasteiger partial charge in [0, 0.05) is 18.0 Å². The van der Waals surface area contributed by atoms with Crippen molar-refractivity contribution >= 4 is 11.8 Å². The summed E-state index contributed by atoms with van der Waals surface area (Å²) in [4.78, 5) is 26.4. The van der Waals surface area contributed by atoms with Crippen LogP contribution in [0.15, 0.2) is 35.0 Å². The number of rotatable bonds is 3. The molecule has 0 aliphatic carbocycles. The second kappa shape index (κ2) is 4.21. The van der Waals surface area contributed by atoms with E-state index in [0.717, 1.165) is 5.56 Å². The van der Waals surface area contributed by atoms with Crippen LogP contribution in [0, 0.1) is 6.92 Å². The molecule has 0 fully saturated rings. The van der Waals surface area contributed by atoms with E-state index in [1.54, 1.807) is 12.3 Å². The van der Waals surface area contributed by atoms with E-state index in [4.69, 9.17) is 9.52 Å². The topological polar surface area (TPSA) is 80.4 Å². The highest BCUT2D eigenvalue weighted by molar-refractivity contribution is 6.07. The van der Waals surface area contributed by atoms with Crippen LogP contribution in [0.1, 0.15) is 32.2 Å². The van der Waals surface area contributed by atoms with Crippen LogP contribution in [0.4, 0.5) is 0 Å². The molecule has 0 saturated carbocycles. The lowest BCUT2D eigenvalue weighted by atomic mass is 10.1. The number of nitrogens with zero attached hydrogens (tertiary/aromatic N) is 1. The Kier molecular flexibility index (Phi) is 2.74. The quantitative estimate of drug-likeness (QED) is 0.816. The molecular weight excluding hydrogens is 222 g/mol. The van der Waals surface area contributed by atoms with Crippen LogP contribution in [-0.2, 0) is 0 Å². The fraction of sp³-hybridized carbons (Fsp3) is 0.0833. The zero-order valence-electron chi connectivity index (χ0n) is 9.01. The van der Waals surface area contributed by atoms with Crippen molar-refractivity contribution in [3.63, 3.8) is 0 Å². The van der Waals surface area contributed by atoms with Gasteiger partial charge in [0.25, 0.3) is 0 Å². The van der Waals surface area contributed by atoms with Gasteiger partial charge in [0.2, 0.25) is 11.5 Å². The average Bonchev–Trinajstić information content (AvgIpc) is 2.77. The molecule has 0 radical (unpaired) electrons. The minimum atomic E-state index is -1.20. The second-order valence-electron chi connectivity index (χ2n) is 3.55. The fourth-order valence-electron chi connectivity index (χ4n) is 1.40. The molecule has 0 unspecified atom stereocenters. The lowest BCUT2D eigenvalue weighted by Gasteiger charge is -1.98. The average molecular weight is 231 g/mol. The highest BCUT2D eigenvalue weighted by atomic mass is 16.4. The molecule has 0 amide bonds. The first kappa shape index (κ1) is 11.1. The van der Waals surface area contributed by atoms with Crippen molar-refractivity contribution in [1.82, 2.24) is 4.98 Å². The Hall–Kier alpha value is -2.43. The van der Waals surface area contributed by atoms with Crippen molar-refractivity contribution in [2.75, 3.05) is 0 Å². The monoisotopic (exact) mass is 231 g/mol. The van der Waals surface area contributed by atoms with Gasteiger partial charge in [-0.15, -0.1) is 0 Å². The number of aromatic nitrogens is 1. The van der Waals surface area contributed by atoms with Crippen molar-refractivity contribution in [1.29, 1.82) is 0 Å². The standard InChI is InChI=1S/C12H9NO4/c1-7-4-8(6-13-5-7)11(14)9-2-3-10(17-9)12(15)16/h2-6H,1H3,(H,15,16). The van der Waals surface area contributed by atoms with Gasteiger partial charge in [-0.1, -0.05) is 0 Å². The van der Waals surface area contributed by atoms with E-state index in [0.29, 0.717) is 5.56 Å². The van der Waals surface area contributed by atoms with E-state index >= 15 is 0 Å². The van der Waals surface area contributed by atoms with Crippen LogP contribution in [-0.4, -0.2) is 21.8 Å². The Bertz CT molecular complexity index is 586. The smallest absolute Gasteiger partial charge is 0.371 e. The van der Waals surface area contributed by atoms with E-state index in [1.807, 2.05) is 6.92 Å². The van der Waals surface area contributed by atoms with E-state index < -0.39 is 5.97 Å². The van der Waals surface area contributed by atoms with Crippen LogP contribution >= 0.6 is 0 Å². The van der Waals surface area contributed by atoms with Gasteiger partial charge in [-0.3, -0.25) is 9.78 Å². The Morgan fingerprint density at radius 1 is 1.24 bits per heavy atom. The summed E-state index contributed by atoms with van der Waals surface area (Å²) in [7, 11) is 0. The van der Waals surface area contributed by atoms with Crippen LogP contribution < -0.4 is 0 Å². The molecule has 0 bridgehead atoms. The SMILES string of the molecule is Cc1cncc(C(=O)c2ccc(C(=O)O)o2)c1. The molecule has 0 atom stereocenters. The molecule has 86 valence electrons. The Morgan fingerprint density at radius 3 is 2.53 bits per heavy atom. The molecular formula is C12H9NO4. The summed E-state index contributed by atoms with van der Waals surface area (Å²) in [5, 5.41) is 8.68. The van der Waals surface area contributed by atoms with Crippen molar-refractivity contribution in [3.05, 3.63) is 53.2 Å². The summed E-state index contributed by atoms with van der Waals surface area (Å²) in [6.45, 7) is 1.81. The minimum Gasteiger partial charge on any atom is -0.475 e. The van der Waals surface area contributed by atoms with Gasteiger partial charge >= 0.3 is 5.97 Å². The number of carboxylic acids is 1. The maximum absolute atomic E-state index is 11.9. The van der Waals surface area contributed by atoms with E-state index in [2.05, 4.69) is 4.98 Å². The molecule has 0 aliphatic heterocycles. The molecule has 5 heteroatoms. The Balaban J connectivity index is 2.34. The summed E-state index contributed by atoms with van der Waals surface area (Å²) in [5.41, 5.74) is 1.22. The molecule has 2 heterocycles. The Labute approximate surface area is 96.7 Å². The predicted molar refractivity (Wildman–Crippen MR) is 58.1 cm³/mol. The lowest BCUT2D eigenvalue weighted by molar-refractivity contribution is 0.0660. The van der Waals surface area contributed by atoms with Crippen LogP contribution in [0.5, 0.6) is 0 Å². The number of carbonyl (C=O) groups is 2. The third-order valence-electron chi connectivity index (χ3n) is 2.18. The summed E-state index contributed by atoms with van der Waals surface area (Å²) in [6.07, 6.45) is 3.04. The van der Waals surface area contributed by atoms with E-state index in [-0.39, 0.29) is 17.3 Å². The minimum absolute atomic E-state index is 0.00481.